The van der Waals surface area contributed by atoms with Gasteiger partial charge in [-0.3, -0.25) is 0 Å². The van der Waals surface area contributed by atoms with E-state index in [0.29, 0.717) is 24.5 Å². The second-order valence-corrected chi connectivity index (χ2v) is 8.93. The Morgan fingerprint density at radius 3 is 2.53 bits per heavy atom. The highest BCUT2D eigenvalue weighted by molar-refractivity contribution is 5.86. The van der Waals surface area contributed by atoms with Crippen LogP contribution in [0.25, 0.3) is 11.1 Å². The quantitative estimate of drug-likeness (QED) is 0.275. The average molecular weight is 461 g/mol. The van der Waals surface area contributed by atoms with Gasteiger partial charge in [0.25, 0.3) is 0 Å². The van der Waals surface area contributed by atoms with Crippen LogP contribution >= 0.6 is 0 Å². The molecule has 0 aromatic heterocycles. The maximum atomic E-state index is 10.8. The minimum absolute atomic E-state index is 0.290. The second kappa shape index (κ2) is 11.3. The molecule has 5 nitrogen and oxygen atoms in total. The van der Waals surface area contributed by atoms with Crippen LogP contribution in [0, 0.1) is 0 Å². The van der Waals surface area contributed by atoms with Crippen molar-refractivity contribution in [2.45, 2.75) is 45.4 Å². The van der Waals surface area contributed by atoms with Crippen LogP contribution < -0.4 is 20.5 Å². The summed E-state index contributed by atoms with van der Waals surface area (Å²) in [6.45, 7) is 4.65. The number of aromatic hydroxyl groups is 1. The van der Waals surface area contributed by atoms with Crippen molar-refractivity contribution in [1.82, 2.24) is 5.32 Å². The molecule has 0 spiro atoms. The Bertz CT molecular complexity index is 1110. The van der Waals surface area contributed by atoms with Crippen LogP contribution in [0.15, 0.2) is 48.5 Å². The maximum Gasteiger partial charge on any atom is 0.124 e. The highest BCUT2D eigenvalue weighted by Gasteiger charge is 2.22. The van der Waals surface area contributed by atoms with Gasteiger partial charge in [0, 0.05) is 35.3 Å². The van der Waals surface area contributed by atoms with Crippen molar-refractivity contribution in [1.29, 1.82) is 0 Å². The number of methoxy groups -OCH3 is 1. The number of nitrogens with two attached hydrogens (primary N) is 1. The zero-order valence-corrected chi connectivity index (χ0v) is 20.3. The Labute approximate surface area is 202 Å². The lowest BCUT2D eigenvalue weighted by Gasteiger charge is -2.23. The molecule has 0 atom stereocenters. The van der Waals surface area contributed by atoms with Crippen molar-refractivity contribution in [3.05, 3.63) is 70.8 Å². The first-order valence-corrected chi connectivity index (χ1v) is 12.3. The van der Waals surface area contributed by atoms with Gasteiger partial charge in [-0.2, -0.15) is 0 Å². The van der Waals surface area contributed by atoms with Gasteiger partial charge in [-0.05, 0) is 85.7 Å². The van der Waals surface area contributed by atoms with Crippen molar-refractivity contribution in [2.75, 3.05) is 32.5 Å². The van der Waals surface area contributed by atoms with Gasteiger partial charge in [-0.15, -0.1) is 0 Å². The molecule has 1 aliphatic carbocycles. The molecule has 3 aromatic rings. The predicted molar refractivity (Wildman–Crippen MR) is 139 cm³/mol. The molecule has 0 unspecified atom stereocenters. The van der Waals surface area contributed by atoms with Crippen LogP contribution in [0.4, 0.5) is 5.69 Å². The molecule has 0 heterocycles. The van der Waals surface area contributed by atoms with Gasteiger partial charge in [0.1, 0.15) is 23.9 Å². The molecule has 3 aromatic carbocycles. The van der Waals surface area contributed by atoms with Gasteiger partial charge in [-0.1, -0.05) is 25.1 Å². The van der Waals surface area contributed by atoms with Crippen LogP contribution in [0.3, 0.4) is 0 Å². The lowest BCUT2D eigenvalue weighted by molar-refractivity contribution is 0.314. The van der Waals surface area contributed by atoms with Crippen LogP contribution in [0.5, 0.6) is 17.2 Å². The summed E-state index contributed by atoms with van der Waals surface area (Å²) < 4.78 is 11.5. The number of benzene rings is 3. The van der Waals surface area contributed by atoms with E-state index in [1.807, 2.05) is 24.3 Å². The number of hydrogen-bond acceptors (Lipinski definition) is 5. The summed E-state index contributed by atoms with van der Waals surface area (Å²) in [4.78, 5) is 0. The van der Waals surface area contributed by atoms with E-state index in [4.69, 9.17) is 15.2 Å². The van der Waals surface area contributed by atoms with Crippen molar-refractivity contribution in [3.8, 4) is 28.4 Å². The van der Waals surface area contributed by atoms with E-state index in [2.05, 4.69) is 30.4 Å². The van der Waals surface area contributed by atoms with Gasteiger partial charge in [-0.25, -0.2) is 0 Å². The van der Waals surface area contributed by atoms with E-state index in [9.17, 15) is 5.11 Å². The lowest BCUT2D eigenvalue weighted by atomic mass is 9.84. The summed E-state index contributed by atoms with van der Waals surface area (Å²) in [5.41, 5.74) is 13.8. The van der Waals surface area contributed by atoms with Gasteiger partial charge in [0.15, 0.2) is 0 Å². The molecule has 34 heavy (non-hydrogen) atoms. The van der Waals surface area contributed by atoms with Gasteiger partial charge in [0.05, 0.1) is 7.11 Å². The second-order valence-electron chi connectivity index (χ2n) is 8.93. The number of rotatable bonds is 10. The van der Waals surface area contributed by atoms with E-state index < -0.39 is 0 Å². The van der Waals surface area contributed by atoms with Crippen molar-refractivity contribution >= 4 is 5.69 Å². The Morgan fingerprint density at radius 2 is 1.76 bits per heavy atom. The third-order valence-electron chi connectivity index (χ3n) is 6.59. The third-order valence-corrected chi connectivity index (χ3v) is 6.59. The van der Waals surface area contributed by atoms with Gasteiger partial charge < -0.3 is 25.6 Å². The Balaban J connectivity index is 1.59. The molecule has 0 saturated carbocycles. The molecule has 0 amide bonds. The molecule has 0 radical (unpaired) electrons. The molecule has 0 aliphatic heterocycles. The minimum atomic E-state index is 0.290. The van der Waals surface area contributed by atoms with E-state index in [1.165, 1.54) is 17.5 Å². The normalized spacial score (nSPS) is 12.9. The van der Waals surface area contributed by atoms with Crippen molar-refractivity contribution < 1.29 is 14.6 Å². The molecule has 0 fully saturated rings. The summed E-state index contributed by atoms with van der Waals surface area (Å²) in [6.07, 6.45) is 6.10. The number of phenolic OH excluding ortho intramolecular Hbond substituents is 1. The average Bonchev–Trinajstić information content (AvgIpc) is 2.86. The molecule has 4 rings (SSSR count). The molecular weight excluding hydrogens is 424 g/mol. The van der Waals surface area contributed by atoms with Gasteiger partial charge >= 0.3 is 0 Å². The monoisotopic (exact) mass is 460 g/mol. The fourth-order valence-electron chi connectivity index (χ4n) is 4.80. The number of hydrogen-bond donors (Lipinski definition) is 3. The third kappa shape index (κ3) is 5.31. The van der Waals surface area contributed by atoms with Gasteiger partial charge in [0.2, 0.25) is 0 Å². The highest BCUT2D eigenvalue weighted by Crippen LogP contribution is 2.43. The van der Waals surface area contributed by atoms with E-state index >= 15 is 0 Å². The number of nitrogen functional groups attached to an aromatic ring is 1. The summed E-state index contributed by atoms with van der Waals surface area (Å²) in [6, 6.07) is 15.9. The SMILES string of the molecule is CCCNCCOc1ccc(Cc2c(OC)ccc(-c3c(O)ccc4c3CCCC4)c2N)cc1. The van der Waals surface area contributed by atoms with Crippen molar-refractivity contribution in [2.24, 2.45) is 0 Å². The minimum Gasteiger partial charge on any atom is -0.507 e. The topological polar surface area (TPSA) is 76.7 Å². The smallest absolute Gasteiger partial charge is 0.124 e. The predicted octanol–water partition coefficient (Wildman–Crippen LogP) is 5.50. The fraction of sp³-hybridized carbons (Fsp3) is 0.379. The largest absolute Gasteiger partial charge is 0.507 e. The molecule has 0 saturated heterocycles. The number of ether oxygens (including phenoxy) is 2. The molecule has 1 aliphatic rings. The van der Waals surface area contributed by atoms with Crippen LogP contribution in [0.2, 0.25) is 0 Å². The number of fused-ring (bicyclic) bond motifs is 1. The van der Waals surface area contributed by atoms with Crippen LogP contribution in [0.1, 0.15) is 48.4 Å². The zero-order valence-electron chi connectivity index (χ0n) is 20.3. The molecule has 180 valence electrons. The summed E-state index contributed by atoms with van der Waals surface area (Å²) in [7, 11) is 1.67. The Hall–Kier alpha value is -3.18. The maximum absolute atomic E-state index is 10.8. The van der Waals surface area contributed by atoms with Crippen LogP contribution in [-0.2, 0) is 19.3 Å². The Morgan fingerprint density at radius 1 is 0.971 bits per heavy atom. The van der Waals surface area contributed by atoms with E-state index in [-0.39, 0.29) is 0 Å². The summed E-state index contributed by atoms with van der Waals surface area (Å²) in [5.74, 6) is 1.91. The first kappa shape index (κ1) is 24.0. The zero-order chi connectivity index (χ0) is 23.9. The molecule has 5 heteroatoms. The standard InChI is InChI=1S/C29H36N2O3/c1-3-16-31-17-18-34-22-11-8-20(9-12-22)19-25-27(33-2)15-13-24(29(25)30)28-23-7-5-4-6-21(23)10-14-26(28)32/h8-15,31-32H,3-7,16-19,30H2,1-2H3. The fourth-order valence-corrected chi connectivity index (χ4v) is 4.80. The summed E-state index contributed by atoms with van der Waals surface area (Å²) >= 11 is 0. The first-order chi connectivity index (χ1) is 16.6. The van der Waals surface area contributed by atoms with E-state index in [0.717, 1.165) is 72.5 Å². The Kier molecular flexibility index (Phi) is 7.96. The number of nitrogens with one attached hydrogen (secondary N) is 1. The molecule has 4 N–H and O–H groups in total. The van der Waals surface area contributed by atoms with Crippen LogP contribution in [-0.4, -0.2) is 31.9 Å². The first-order valence-electron chi connectivity index (χ1n) is 12.3. The van der Waals surface area contributed by atoms with Crippen molar-refractivity contribution in [3.63, 3.8) is 0 Å². The number of phenols is 1. The van der Waals surface area contributed by atoms with E-state index in [1.54, 1.807) is 13.2 Å². The lowest BCUT2D eigenvalue weighted by Crippen LogP contribution is -2.21. The molecule has 0 bridgehead atoms. The number of anilines is 1. The summed E-state index contributed by atoms with van der Waals surface area (Å²) in [5, 5.41) is 14.1. The highest BCUT2D eigenvalue weighted by atomic mass is 16.5. The number of aryl methyl sites for hydroxylation is 1. The molecular formula is C29H36N2O3.